The molecule has 0 aliphatic carbocycles. The zero-order valence-electron chi connectivity index (χ0n) is 30.4. The minimum Gasteiger partial charge on any atom is -0.308 e. The Bertz CT molecular complexity index is 3010. The SMILES string of the molecule is N#Cc1ccc(-c2nc(-c3ccccc3)nc(-c3ccccc3)n2)cc1-n1c2ccccc2c2cc(-c3nc(-c4ccccc4)nc(-c4ccccc4)n3)ccc21. The molecule has 0 spiro atoms. The van der Waals surface area contributed by atoms with Gasteiger partial charge >= 0.3 is 0 Å². The van der Waals surface area contributed by atoms with Crippen molar-refractivity contribution in [3.05, 3.63) is 188 Å². The number of benzene rings is 7. The lowest BCUT2D eigenvalue weighted by molar-refractivity contribution is 1.07. The second-order valence-corrected chi connectivity index (χ2v) is 13.5. The molecule has 3 heterocycles. The first-order chi connectivity index (χ1) is 28.2. The van der Waals surface area contributed by atoms with E-state index in [1.807, 2.05) is 158 Å². The Morgan fingerprint density at radius 1 is 0.333 bits per heavy atom. The van der Waals surface area contributed by atoms with Crippen molar-refractivity contribution in [2.24, 2.45) is 0 Å². The molecule has 10 rings (SSSR count). The molecule has 0 saturated heterocycles. The molecule has 266 valence electrons. The van der Waals surface area contributed by atoms with Crippen LogP contribution in [-0.2, 0) is 0 Å². The van der Waals surface area contributed by atoms with E-state index in [1.54, 1.807) is 0 Å². The summed E-state index contributed by atoms with van der Waals surface area (Å²) in [4.78, 5) is 29.7. The number of hydrogen-bond acceptors (Lipinski definition) is 7. The molecule has 10 aromatic rings. The van der Waals surface area contributed by atoms with Gasteiger partial charge < -0.3 is 4.57 Å². The molecule has 0 amide bonds. The first-order valence-electron chi connectivity index (χ1n) is 18.5. The van der Waals surface area contributed by atoms with Crippen LogP contribution in [0.25, 0.3) is 95.8 Å². The normalized spacial score (nSPS) is 11.1. The monoisotopic (exact) mass is 730 g/mol. The molecule has 0 bridgehead atoms. The lowest BCUT2D eigenvalue weighted by Gasteiger charge is -2.13. The van der Waals surface area contributed by atoms with Gasteiger partial charge in [-0.25, -0.2) is 29.9 Å². The molecule has 0 N–H and O–H groups in total. The average Bonchev–Trinajstić information content (AvgIpc) is 3.63. The van der Waals surface area contributed by atoms with Crippen molar-refractivity contribution in [1.82, 2.24) is 34.5 Å². The summed E-state index contributed by atoms with van der Waals surface area (Å²) in [6, 6.07) is 62.4. The minimum absolute atomic E-state index is 0.509. The number of fused-ring (bicyclic) bond motifs is 3. The van der Waals surface area contributed by atoms with Crippen LogP contribution in [-0.4, -0.2) is 34.5 Å². The highest BCUT2D eigenvalue weighted by Crippen LogP contribution is 2.37. The maximum absolute atomic E-state index is 10.5. The Hall–Kier alpha value is -8.15. The van der Waals surface area contributed by atoms with Crippen molar-refractivity contribution in [2.45, 2.75) is 0 Å². The van der Waals surface area contributed by atoms with Crippen molar-refractivity contribution in [3.8, 4) is 80.1 Å². The van der Waals surface area contributed by atoms with Crippen molar-refractivity contribution >= 4 is 21.8 Å². The summed E-state index contributed by atoms with van der Waals surface area (Å²) in [6.45, 7) is 0. The summed E-state index contributed by atoms with van der Waals surface area (Å²) in [5.74, 6) is 3.41. The van der Waals surface area contributed by atoms with Crippen LogP contribution < -0.4 is 0 Å². The largest absolute Gasteiger partial charge is 0.308 e. The van der Waals surface area contributed by atoms with Gasteiger partial charge in [0.15, 0.2) is 34.9 Å². The van der Waals surface area contributed by atoms with Gasteiger partial charge in [0, 0.05) is 44.2 Å². The molecule has 3 aromatic heterocycles. The summed E-state index contributed by atoms with van der Waals surface area (Å²) in [7, 11) is 0. The minimum atomic E-state index is 0.509. The van der Waals surface area contributed by atoms with E-state index >= 15 is 0 Å². The van der Waals surface area contributed by atoms with Crippen LogP contribution in [0.15, 0.2) is 182 Å². The topological polar surface area (TPSA) is 106 Å². The summed E-state index contributed by atoms with van der Waals surface area (Å²) in [6.07, 6.45) is 0. The third-order valence-electron chi connectivity index (χ3n) is 9.95. The second kappa shape index (κ2) is 14.3. The predicted octanol–water partition coefficient (Wildman–Crippen LogP) is 11.0. The van der Waals surface area contributed by atoms with Crippen LogP contribution in [0.2, 0.25) is 0 Å². The molecule has 8 heteroatoms. The van der Waals surface area contributed by atoms with Crippen LogP contribution in [0, 0.1) is 11.3 Å². The van der Waals surface area contributed by atoms with E-state index in [0.29, 0.717) is 40.5 Å². The Balaban J connectivity index is 1.15. The zero-order chi connectivity index (χ0) is 38.1. The van der Waals surface area contributed by atoms with E-state index in [4.69, 9.17) is 29.9 Å². The van der Waals surface area contributed by atoms with Crippen LogP contribution in [0.3, 0.4) is 0 Å². The molecule has 0 fully saturated rings. The molecule has 0 unspecified atom stereocenters. The first-order valence-corrected chi connectivity index (χ1v) is 18.5. The fourth-order valence-corrected chi connectivity index (χ4v) is 7.20. The third kappa shape index (κ3) is 6.25. The Morgan fingerprint density at radius 2 is 0.702 bits per heavy atom. The lowest BCUT2D eigenvalue weighted by Crippen LogP contribution is -2.02. The van der Waals surface area contributed by atoms with E-state index in [2.05, 4.69) is 34.9 Å². The lowest BCUT2D eigenvalue weighted by atomic mass is 10.1. The molecule has 57 heavy (non-hydrogen) atoms. The molecule has 0 radical (unpaired) electrons. The average molecular weight is 731 g/mol. The summed E-state index contributed by atoms with van der Waals surface area (Å²) in [5.41, 5.74) is 8.31. The maximum atomic E-state index is 10.5. The van der Waals surface area contributed by atoms with E-state index in [0.717, 1.165) is 60.9 Å². The number of hydrogen-bond donors (Lipinski definition) is 0. The fraction of sp³-hybridized carbons (Fsp3) is 0. The number of rotatable bonds is 7. The van der Waals surface area contributed by atoms with Crippen molar-refractivity contribution < 1.29 is 0 Å². The molecule has 0 saturated carbocycles. The molecular weight excluding hydrogens is 701 g/mol. The number of para-hydroxylation sites is 1. The Morgan fingerprint density at radius 3 is 1.16 bits per heavy atom. The van der Waals surface area contributed by atoms with E-state index in [-0.39, 0.29) is 0 Å². The van der Waals surface area contributed by atoms with E-state index in [1.165, 1.54) is 0 Å². The van der Waals surface area contributed by atoms with Crippen LogP contribution >= 0.6 is 0 Å². The fourth-order valence-electron chi connectivity index (χ4n) is 7.20. The number of aromatic nitrogens is 7. The molecule has 7 aromatic carbocycles. The third-order valence-corrected chi connectivity index (χ3v) is 9.95. The van der Waals surface area contributed by atoms with Gasteiger partial charge in [-0.05, 0) is 42.5 Å². The highest BCUT2D eigenvalue weighted by Gasteiger charge is 2.20. The Kier molecular flexibility index (Phi) is 8.36. The van der Waals surface area contributed by atoms with E-state index in [9.17, 15) is 5.26 Å². The van der Waals surface area contributed by atoms with Crippen molar-refractivity contribution in [3.63, 3.8) is 0 Å². The smallest absolute Gasteiger partial charge is 0.164 e. The standard InChI is InChI=1S/C49H30N8/c50-31-38-26-25-37(49-55-46(34-19-9-3-10-20-34)52-47(56-49)35-21-11-4-12-22-35)30-43(38)57-41-24-14-13-23-39(41)40-29-36(27-28-42(40)57)48-53-44(32-15-5-1-6-16-32)51-45(54-48)33-17-7-2-8-18-33/h1-30H. The first kappa shape index (κ1) is 33.4. The van der Waals surface area contributed by atoms with Gasteiger partial charge in [-0.15, -0.1) is 0 Å². The van der Waals surface area contributed by atoms with Crippen molar-refractivity contribution in [1.29, 1.82) is 5.26 Å². The van der Waals surface area contributed by atoms with Gasteiger partial charge in [-0.1, -0.05) is 140 Å². The number of nitriles is 1. The second-order valence-electron chi connectivity index (χ2n) is 13.5. The quantitative estimate of drug-likeness (QED) is 0.161. The Labute approximate surface area is 328 Å². The van der Waals surface area contributed by atoms with Gasteiger partial charge in [-0.3, -0.25) is 0 Å². The van der Waals surface area contributed by atoms with Crippen LogP contribution in [0.1, 0.15) is 5.56 Å². The molecule has 0 aliphatic heterocycles. The van der Waals surface area contributed by atoms with Gasteiger partial charge in [-0.2, -0.15) is 5.26 Å². The van der Waals surface area contributed by atoms with Gasteiger partial charge in [0.2, 0.25) is 0 Å². The zero-order valence-corrected chi connectivity index (χ0v) is 30.4. The molecule has 0 atom stereocenters. The van der Waals surface area contributed by atoms with Crippen LogP contribution in [0.4, 0.5) is 0 Å². The molecule has 0 aliphatic rings. The van der Waals surface area contributed by atoms with Gasteiger partial charge in [0.05, 0.1) is 22.3 Å². The predicted molar refractivity (Wildman–Crippen MR) is 225 cm³/mol. The summed E-state index contributed by atoms with van der Waals surface area (Å²) >= 11 is 0. The summed E-state index contributed by atoms with van der Waals surface area (Å²) in [5, 5.41) is 12.5. The van der Waals surface area contributed by atoms with Crippen LogP contribution in [0.5, 0.6) is 0 Å². The van der Waals surface area contributed by atoms with Crippen molar-refractivity contribution in [2.75, 3.05) is 0 Å². The van der Waals surface area contributed by atoms with Gasteiger partial charge in [0.1, 0.15) is 6.07 Å². The van der Waals surface area contributed by atoms with Gasteiger partial charge in [0.25, 0.3) is 0 Å². The maximum Gasteiger partial charge on any atom is 0.164 e. The molecular formula is C49H30N8. The number of nitrogens with zero attached hydrogens (tertiary/aromatic N) is 8. The van der Waals surface area contributed by atoms with E-state index < -0.39 is 0 Å². The molecule has 8 nitrogen and oxygen atoms in total. The highest BCUT2D eigenvalue weighted by atomic mass is 15.0. The summed E-state index contributed by atoms with van der Waals surface area (Å²) < 4.78 is 2.14. The highest BCUT2D eigenvalue weighted by molar-refractivity contribution is 6.10.